The maximum absolute atomic E-state index is 11.5. The summed E-state index contributed by atoms with van der Waals surface area (Å²) in [6.07, 6.45) is 3.78. The van der Waals surface area contributed by atoms with Crippen LogP contribution in [0.2, 0.25) is 0 Å². The van der Waals surface area contributed by atoms with Gasteiger partial charge in [0, 0.05) is 27.4 Å². The van der Waals surface area contributed by atoms with Crippen molar-refractivity contribution >= 4 is 37.8 Å². The number of carbonyl (C=O) groups is 1. The first-order chi connectivity index (χ1) is 9.56. The van der Waals surface area contributed by atoms with Crippen molar-refractivity contribution < 1.29 is 4.79 Å². The van der Waals surface area contributed by atoms with Gasteiger partial charge in [0.25, 0.3) is 0 Å². The zero-order valence-electron chi connectivity index (χ0n) is 11.6. The number of hydrogen-bond acceptors (Lipinski definition) is 2. The van der Waals surface area contributed by atoms with Crippen LogP contribution < -0.4 is 10.6 Å². The van der Waals surface area contributed by atoms with Gasteiger partial charge in [-0.3, -0.25) is 4.79 Å². The minimum atomic E-state index is 0.187. The van der Waals surface area contributed by atoms with Gasteiger partial charge < -0.3 is 10.6 Å². The summed E-state index contributed by atoms with van der Waals surface area (Å²) in [5.74, 6) is 0.187. The van der Waals surface area contributed by atoms with E-state index >= 15 is 0 Å². The Labute approximate surface area is 137 Å². The Morgan fingerprint density at radius 3 is 2.80 bits per heavy atom. The van der Waals surface area contributed by atoms with Crippen LogP contribution in [0.5, 0.6) is 0 Å². The second kappa shape index (κ2) is 7.57. The van der Waals surface area contributed by atoms with E-state index in [9.17, 15) is 4.79 Å². The molecule has 1 fully saturated rings. The van der Waals surface area contributed by atoms with Crippen molar-refractivity contribution in [1.29, 1.82) is 0 Å². The predicted molar refractivity (Wildman–Crippen MR) is 88.7 cm³/mol. The van der Waals surface area contributed by atoms with E-state index in [-0.39, 0.29) is 11.9 Å². The van der Waals surface area contributed by atoms with Crippen molar-refractivity contribution in [3.63, 3.8) is 0 Å². The molecule has 1 unspecified atom stereocenters. The summed E-state index contributed by atoms with van der Waals surface area (Å²) in [5, 5.41) is 6.47. The number of rotatable bonds is 7. The Bertz CT molecular complexity index is 475. The first-order valence-corrected chi connectivity index (χ1v) is 8.62. The van der Waals surface area contributed by atoms with Crippen molar-refractivity contribution in [1.82, 2.24) is 10.6 Å². The Morgan fingerprint density at radius 2 is 2.15 bits per heavy atom. The van der Waals surface area contributed by atoms with Crippen LogP contribution in [-0.2, 0) is 4.79 Å². The van der Waals surface area contributed by atoms with Gasteiger partial charge in [0.15, 0.2) is 0 Å². The van der Waals surface area contributed by atoms with Gasteiger partial charge >= 0.3 is 0 Å². The fourth-order valence-electron chi connectivity index (χ4n) is 2.06. The summed E-state index contributed by atoms with van der Waals surface area (Å²) >= 11 is 7.03. The van der Waals surface area contributed by atoms with E-state index in [0.717, 1.165) is 34.8 Å². The van der Waals surface area contributed by atoms with Crippen LogP contribution in [0.15, 0.2) is 27.1 Å². The first-order valence-electron chi connectivity index (χ1n) is 7.04. The average Bonchev–Trinajstić information content (AvgIpc) is 3.18. The predicted octanol–water partition coefficient (Wildman–Crippen LogP) is 3.92. The van der Waals surface area contributed by atoms with E-state index in [1.807, 2.05) is 6.07 Å². The number of amides is 1. The summed E-state index contributed by atoms with van der Waals surface area (Å²) in [6, 6.07) is 6.93. The minimum Gasteiger partial charge on any atom is -0.353 e. The lowest BCUT2D eigenvalue weighted by Gasteiger charge is -2.16. The van der Waals surface area contributed by atoms with Crippen LogP contribution in [0.25, 0.3) is 0 Å². The number of nitrogens with one attached hydrogen (secondary N) is 2. The third kappa shape index (κ3) is 5.19. The Morgan fingerprint density at radius 1 is 1.40 bits per heavy atom. The topological polar surface area (TPSA) is 41.1 Å². The number of halogens is 2. The fourth-order valence-corrected chi connectivity index (χ4v) is 3.45. The maximum atomic E-state index is 11.5. The zero-order valence-corrected chi connectivity index (χ0v) is 14.8. The molecule has 20 heavy (non-hydrogen) atoms. The van der Waals surface area contributed by atoms with E-state index in [0.29, 0.717) is 12.5 Å². The third-order valence-electron chi connectivity index (χ3n) is 3.40. The molecule has 1 aromatic carbocycles. The Hall–Kier alpha value is -0.390. The van der Waals surface area contributed by atoms with Crippen LogP contribution in [0.1, 0.15) is 44.2 Å². The van der Waals surface area contributed by atoms with Gasteiger partial charge in [-0.25, -0.2) is 0 Å². The van der Waals surface area contributed by atoms with Crippen molar-refractivity contribution in [2.45, 2.75) is 44.7 Å². The molecule has 1 aliphatic rings. The molecule has 5 heteroatoms. The second-order valence-electron chi connectivity index (χ2n) is 5.29. The number of hydrogen-bond donors (Lipinski definition) is 2. The highest BCUT2D eigenvalue weighted by molar-refractivity contribution is 9.11. The van der Waals surface area contributed by atoms with Crippen molar-refractivity contribution in [3.8, 4) is 0 Å². The maximum Gasteiger partial charge on any atom is 0.220 e. The Balaban J connectivity index is 1.68. The normalized spacial score (nSPS) is 15.9. The van der Waals surface area contributed by atoms with E-state index in [2.05, 4.69) is 61.5 Å². The van der Waals surface area contributed by atoms with E-state index in [4.69, 9.17) is 0 Å². The van der Waals surface area contributed by atoms with E-state index in [1.165, 1.54) is 5.56 Å². The monoisotopic (exact) mass is 402 g/mol. The SMILES string of the molecule is CC(NCCCC(=O)NC1CC1)c1ccc(Br)cc1Br. The zero-order chi connectivity index (χ0) is 14.5. The van der Waals surface area contributed by atoms with Gasteiger partial charge in [-0.05, 0) is 50.4 Å². The van der Waals surface area contributed by atoms with Gasteiger partial charge in [0.1, 0.15) is 0 Å². The van der Waals surface area contributed by atoms with Crippen molar-refractivity contribution in [3.05, 3.63) is 32.7 Å². The van der Waals surface area contributed by atoms with Crippen molar-refractivity contribution in [2.75, 3.05) is 6.54 Å². The van der Waals surface area contributed by atoms with Gasteiger partial charge in [-0.1, -0.05) is 37.9 Å². The summed E-state index contributed by atoms with van der Waals surface area (Å²) in [6.45, 7) is 2.99. The lowest BCUT2D eigenvalue weighted by atomic mass is 10.1. The number of benzene rings is 1. The molecule has 3 nitrogen and oxygen atoms in total. The summed E-state index contributed by atoms with van der Waals surface area (Å²) < 4.78 is 2.16. The summed E-state index contributed by atoms with van der Waals surface area (Å²) in [7, 11) is 0. The summed E-state index contributed by atoms with van der Waals surface area (Å²) in [5.41, 5.74) is 1.23. The van der Waals surface area contributed by atoms with Crippen LogP contribution in [0.3, 0.4) is 0 Å². The standard InChI is InChI=1S/C15H20Br2N2O/c1-10(13-7-4-11(16)9-14(13)17)18-8-2-3-15(20)19-12-5-6-12/h4,7,9-10,12,18H,2-3,5-6,8H2,1H3,(H,19,20). The molecule has 0 aliphatic heterocycles. The highest BCUT2D eigenvalue weighted by atomic mass is 79.9. The molecule has 2 N–H and O–H groups in total. The van der Waals surface area contributed by atoms with Crippen LogP contribution in [-0.4, -0.2) is 18.5 Å². The molecule has 0 spiro atoms. The number of carbonyl (C=O) groups excluding carboxylic acids is 1. The molecule has 1 atom stereocenters. The van der Waals surface area contributed by atoms with Gasteiger partial charge in [-0.15, -0.1) is 0 Å². The third-order valence-corrected chi connectivity index (χ3v) is 4.58. The molecule has 0 bridgehead atoms. The molecule has 2 rings (SSSR count). The van der Waals surface area contributed by atoms with Gasteiger partial charge in [-0.2, -0.15) is 0 Å². The minimum absolute atomic E-state index is 0.187. The largest absolute Gasteiger partial charge is 0.353 e. The first kappa shape index (κ1) is 16.0. The van der Waals surface area contributed by atoms with Crippen LogP contribution in [0.4, 0.5) is 0 Å². The van der Waals surface area contributed by atoms with Gasteiger partial charge in [0.05, 0.1) is 0 Å². The lowest BCUT2D eigenvalue weighted by Crippen LogP contribution is -2.27. The molecule has 0 saturated heterocycles. The molecular formula is C15H20Br2N2O. The lowest BCUT2D eigenvalue weighted by molar-refractivity contribution is -0.121. The molecule has 1 aliphatic carbocycles. The second-order valence-corrected chi connectivity index (χ2v) is 7.06. The average molecular weight is 404 g/mol. The smallest absolute Gasteiger partial charge is 0.220 e. The van der Waals surface area contributed by atoms with Crippen molar-refractivity contribution in [2.24, 2.45) is 0 Å². The molecule has 0 aromatic heterocycles. The molecular weight excluding hydrogens is 384 g/mol. The van der Waals surface area contributed by atoms with E-state index in [1.54, 1.807) is 0 Å². The highest BCUT2D eigenvalue weighted by Crippen LogP contribution is 2.26. The van der Waals surface area contributed by atoms with E-state index < -0.39 is 0 Å². The van der Waals surface area contributed by atoms with Crippen LogP contribution in [0, 0.1) is 0 Å². The molecule has 1 saturated carbocycles. The summed E-state index contributed by atoms with van der Waals surface area (Å²) in [4.78, 5) is 11.5. The van der Waals surface area contributed by atoms with Crippen LogP contribution >= 0.6 is 31.9 Å². The molecule has 1 aromatic rings. The molecule has 1 amide bonds. The highest BCUT2D eigenvalue weighted by Gasteiger charge is 2.22. The molecule has 110 valence electrons. The van der Waals surface area contributed by atoms with Gasteiger partial charge in [0.2, 0.25) is 5.91 Å². The molecule has 0 heterocycles. The quantitative estimate of drug-likeness (QED) is 0.677. The fraction of sp³-hybridized carbons (Fsp3) is 0.533. The molecule has 0 radical (unpaired) electrons. The Kier molecular flexibility index (Phi) is 6.05.